The molecule has 2 rings (SSSR count). The summed E-state index contributed by atoms with van der Waals surface area (Å²) in [5, 5.41) is 21.4. The molecule has 0 atom stereocenters. The van der Waals surface area contributed by atoms with Gasteiger partial charge in [0.05, 0.1) is 12.7 Å². The van der Waals surface area contributed by atoms with Crippen LogP contribution in [0.2, 0.25) is 0 Å². The van der Waals surface area contributed by atoms with Gasteiger partial charge in [0, 0.05) is 12.1 Å². The molecule has 0 aliphatic carbocycles. The Bertz CT molecular complexity index is 561. The minimum absolute atomic E-state index is 0.0450. The van der Waals surface area contributed by atoms with Crippen LogP contribution in [-0.4, -0.2) is 28.4 Å². The molecular weight excluding hydrogens is 226 g/mol. The molecule has 0 amide bonds. The van der Waals surface area contributed by atoms with Gasteiger partial charge in [-0.25, -0.2) is 4.79 Å². The van der Waals surface area contributed by atoms with Crippen molar-refractivity contribution in [3.63, 3.8) is 0 Å². The number of carboxylic acid groups (broad SMARTS) is 1. The van der Waals surface area contributed by atoms with Crippen molar-refractivity contribution in [1.29, 1.82) is 0 Å². The molecule has 0 unspecified atom stereocenters. The number of aromatic hydroxyl groups is 1. The van der Waals surface area contributed by atoms with Crippen molar-refractivity contribution in [2.45, 2.75) is 0 Å². The number of ether oxygens (including phenoxy) is 1. The summed E-state index contributed by atoms with van der Waals surface area (Å²) in [6, 6.07) is 5.69. The molecular formula is C11H9NO5. The average Bonchev–Trinajstić information content (AvgIpc) is 2.78. The first-order chi connectivity index (χ1) is 8.11. The Kier molecular flexibility index (Phi) is 2.70. The number of phenols is 1. The maximum atomic E-state index is 10.7. The fraction of sp³-hybridized carbons (Fsp3) is 0.0909. The molecule has 2 aromatic rings. The van der Waals surface area contributed by atoms with E-state index >= 15 is 0 Å². The van der Waals surface area contributed by atoms with Crippen molar-refractivity contribution in [2.24, 2.45) is 0 Å². The fourth-order valence-electron chi connectivity index (χ4n) is 1.39. The van der Waals surface area contributed by atoms with Crippen LogP contribution in [0.5, 0.6) is 11.5 Å². The van der Waals surface area contributed by atoms with Gasteiger partial charge in [-0.15, -0.1) is 0 Å². The molecule has 88 valence electrons. The molecule has 0 bridgehead atoms. The van der Waals surface area contributed by atoms with Crippen LogP contribution in [0, 0.1) is 0 Å². The zero-order valence-corrected chi connectivity index (χ0v) is 8.88. The van der Waals surface area contributed by atoms with Crippen molar-refractivity contribution < 1.29 is 24.3 Å². The first-order valence-corrected chi connectivity index (χ1v) is 4.69. The van der Waals surface area contributed by atoms with Crippen molar-refractivity contribution in [1.82, 2.24) is 5.16 Å². The number of aromatic carboxylic acids is 1. The zero-order chi connectivity index (χ0) is 12.4. The molecule has 0 saturated heterocycles. The van der Waals surface area contributed by atoms with Crippen molar-refractivity contribution >= 4 is 5.97 Å². The largest absolute Gasteiger partial charge is 0.508 e. The van der Waals surface area contributed by atoms with Crippen LogP contribution in [-0.2, 0) is 0 Å². The second kappa shape index (κ2) is 4.17. The second-order valence-electron chi connectivity index (χ2n) is 3.27. The van der Waals surface area contributed by atoms with Crippen LogP contribution < -0.4 is 4.74 Å². The fourth-order valence-corrected chi connectivity index (χ4v) is 1.39. The third-order valence-electron chi connectivity index (χ3n) is 2.18. The lowest BCUT2D eigenvalue weighted by molar-refractivity contribution is 0.0686. The lowest BCUT2D eigenvalue weighted by atomic mass is 10.1. The summed E-state index contributed by atoms with van der Waals surface area (Å²) in [5.41, 5.74) is 0.334. The summed E-state index contributed by atoms with van der Waals surface area (Å²) in [4.78, 5) is 10.7. The van der Waals surface area contributed by atoms with Crippen LogP contribution in [0.1, 0.15) is 10.5 Å². The minimum Gasteiger partial charge on any atom is -0.508 e. The normalized spacial score (nSPS) is 10.2. The SMILES string of the molecule is COc1cc(O)ccc1-c1cc(C(=O)O)no1. The highest BCUT2D eigenvalue weighted by molar-refractivity contribution is 5.86. The van der Waals surface area contributed by atoms with Crippen LogP contribution in [0.4, 0.5) is 0 Å². The summed E-state index contributed by atoms with van der Waals surface area (Å²) in [6.45, 7) is 0. The maximum Gasteiger partial charge on any atom is 0.358 e. The molecule has 1 heterocycles. The Labute approximate surface area is 96.0 Å². The van der Waals surface area contributed by atoms with Gasteiger partial charge in [-0.05, 0) is 12.1 Å². The van der Waals surface area contributed by atoms with Gasteiger partial charge in [0.1, 0.15) is 11.5 Å². The Balaban J connectivity index is 2.48. The molecule has 0 aliphatic heterocycles. The molecule has 0 aliphatic rings. The molecule has 6 nitrogen and oxygen atoms in total. The van der Waals surface area contributed by atoms with E-state index in [1.54, 1.807) is 6.07 Å². The molecule has 0 saturated carbocycles. The predicted molar refractivity (Wildman–Crippen MR) is 57.1 cm³/mol. The number of hydrogen-bond acceptors (Lipinski definition) is 5. The number of aromatic nitrogens is 1. The summed E-state index contributed by atoms with van der Waals surface area (Å²) in [7, 11) is 1.44. The van der Waals surface area contributed by atoms with E-state index in [2.05, 4.69) is 5.16 Å². The standard InChI is InChI=1S/C11H9NO5/c1-16-9-4-6(13)2-3-7(9)10-5-8(11(14)15)12-17-10/h2-5,13H,1H3,(H,14,15). The minimum atomic E-state index is -1.17. The summed E-state index contributed by atoms with van der Waals surface area (Å²) in [6.07, 6.45) is 0. The van der Waals surface area contributed by atoms with Gasteiger partial charge in [0.25, 0.3) is 0 Å². The number of benzene rings is 1. The zero-order valence-electron chi connectivity index (χ0n) is 8.88. The average molecular weight is 235 g/mol. The summed E-state index contributed by atoms with van der Waals surface area (Å²) in [5.74, 6) is -0.487. The van der Waals surface area contributed by atoms with Crippen LogP contribution in [0.25, 0.3) is 11.3 Å². The van der Waals surface area contributed by atoms with Gasteiger partial charge in [0.15, 0.2) is 11.5 Å². The third kappa shape index (κ3) is 2.05. The predicted octanol–water partition coefficient (Wildman–Crippen LogP) is 1.75. The van der Waals surface area contributed by atoms with E-state index in [-0.39, 0.29) is 17.2 Å². The Hall–Kier alpha value is -2.50. The van der Waals surface area contributed by atoms with Crippen LogP contribution >= 0.6 is 0 Å². The Morgan fingerprint density at radius 1 is 1.41 bits per heavy atom. The molecule has 2 N–H and O–H groups in total. The van der Waals surface area contributed by atoms with Crippen LogP contribution in [0.15, 0.2) is 28.8 Å². The number of rotatable bonds is 3. The van der Waals surface area contributed by atoms with E-state index in [1.807, 2.05) is 0 Å². The molecule has 1 aromatic carbocycles. The first-order valence-electron chi connectivity index (χ1n) is 4.69. The maximum absolute atomic E-state index is 10.7. The Morgan fingerprint density at radius 3 is 2.76 bits per heavy atom. The monoisotopic (exact) mass is 235 g/mol. The van der Waals surface area contributed by atoms with Crippen molar-refractivity contribution in [3.8, 4) is 22.8 Å². The number of phenolic OH excluding ortho intramolecular Hbond substituents is 1. The van der Waals surface area contributed by atoms with E-state index in [0.29, 0.717) is 11.3 Å². The van der Waals surface area contributed by atoms with E-state index in [9.17, 15) is 9.90 Å². The van der Waals surface area contributed by atoms with E-state index in [1.165, 1.54) is 25.3 Å². The lowest BCUT2D eigenvalue weighted by Crippen LogP contribution is -1.94. The van der Waals surface area contributed by atoms with E-state index in [4.69, 9.17) is 14.4 Å². The van der Waals surface area contributed by atoms with E-state index in [0.717, 1.165) is 0 Å². The number of hydrogen-bond donors (Lipinski definition) is 2. The van der Waals surface area contributed by atoms with Gasteiger partial charge < -0.3 is 19.5 Å². The highest BCUT2D eigenvalue weighted by Crippen LogP contribution is 2.33. The third-order valence-corrected chi connectivity index (χ3v) is 2.18. The van der Waals surface area contributed by atoms with Gasteiger partial charge in [-0.3, -0.25) is 0 Å². The van der Waals surface area contributed by atoms with Crippen molar-refractivity contribution in [2.75, 3.05) is 7.11 Å². The molecule has 1 aromatic heterocycles. The first kappa shape index (κ1) is 11.0. The van der Waals surface area contributed by atoms with Gasteiger partial charge >= 0.3 is 5.97 Å². The number of nitrogens with zero attached hydrogens (tertiary/aromatic N) is 1. The van der Waals surface area contributed by atoms with Gasteiger partial charge in [-0.2, -0.15) is 0 Å². The lowest BCUT2D eigenvalue weighted by Gasteiger charge is -2.05. The molecule has 0 fully saturated rings. The number of carbonyl (C=O) groups is 1. The van der Waals surface area contributed by atoms with Gasteiger partial charge in [-0.1, -0.05) is 5.16 Å². The number of methoxy groups -OCH3 is 1. The second-order valence-corrected chi connectivity index (χ2v) is 3.27. The summed E-state index contributed by atoms with van der Waals surface area (Å²) < 4.78 is 9.96. The topological polar surface area (TPSA) is 92.8 Å². The summed E-state index contributed by atoms with van der Waals surface area (Å²) >= 11 is 0. The molecule has 0 radical (unpaired) electrons. The molecule has 6 heteroatoms. The van der Waals surface area contributed by atoms with Gasteiger partial charge in [0.2, 0.25) is 0 Å². The molecule has 0 spiro atoms. The quantitative estimate of drug-likeness (QED) is 0.841. The Morgan fingerprint density at radius 2 is 2.18 bits per heavy atom. The highest BCUT2D eigenvalue weighted by atomic mass is 16.5. The number of carboxylic acids is 1. The van der Waals surface area contributed by atoms with E-state index < -0.39 is 5.97 Å². The highest BCUT2D eigenvalue weighted by Gasteiger charge is 2.15. The smallest absolute Gasteiger partial charge is 0.358 e. The van der Waals surface area contributed by atoms with Crippen molar-refractivity contribution in [3.05, 3.63) is 30.0 Å². The van der Waals surface area contributed by atoms with Crippen LogP contribution in [0.3, 0.4) is 0 Å². The molecule has 17 heavy (non-hydrogen) atoms.